The Balaban J connectivity index is 2.03. The average Bonchev–Trinajstić information content (AvgIpc) is 2.57. The van der Waals surface area contributed by atoms with Crippen molar-refractivity contribution in [1.82, 2.24) is 20.1 Å². The molecular weight excluding hydrogens is 300 g/mol. The second kappa shape index (κ2) is 9.17. The van der Waals surface area contributed by atoms with Crippen molar-refractivity contribution in [2.75, 3.05) is 37.4 Å². The minimum absolute atomic E-state index is 0.288. The molecule has 0 aliphatic heterocycles. The Labute approximate surface area is 144 Å². The summed E-state index contributed by atoms with van der Waals surface area (Å²) >= 11 is 0. The van der Waals surface area contributed by atoms with Gasteiger partial charge in [0.2, 0.25) is 5.95 Å². The maximum Gasteiger partial charge on any atom is 0.247 e. The van der Waals surface area contributed by atoms with E-state index >= 15 is 0 Å². The molecule has 0 bridgehead atoms. The van der Waals surface area contributed by atoms with E-state index in [9.17, 15) is 0 Å². The maximum absolute atomic E-state index is 4.63. The van der Waals surface area contributed by atoms with Gasteiger partial charge in [0.15, 0.2) is 5.82 Å². The topological polar surface area (TPSA) is 57.2 Å². The fourth-order valence-electron chi connectivity index (χ4n) is 2.38. The van der Waals surface area contributed by atoms with Crippen molar-refractivity contribution in [2.45, 2.75) is 32.9 Å². The summed E-state index contributed by atoms with van der Waals surface area (Å²) in [4.78, 5) is 8.97. The summed E-state index contributed by atoms with van der Waals surface area (Å²) in [6, 6.07) is 10.7. The van der Waals surface area contributed by atoms with Crippen LogP contribution < -0.4 is 10.2 Å². The molecule has 0 atom stereocenters. The maximum atomic E-state index is 4.63. The molecule has 0 saturated carbocycles. The van der Waals surface area contributed by atoms with Crippen LogP contribution in [-0.2, 0) is 6.54 Å². The molecule has 0 fully saturated rings. The molecule has 0 radical (unpaired) electrons. The van der Waals surface area contributed by atoms with Crippen molar-refractivity contribution >= 4 is 11.8 Å². The molecule has 1 heterocycles. The van der Waals surface area contributed by atoms with Gasteiger partial charge in [-0.25, -0.2) is 0 Å². The molecule has 0 amide bonds. The number of anilines is 2. The summed E-state index contributed by atoms with van der Waals surface area (Å²) < 4.78 is 0. The zero-order chi connectivity index (χ0) is 17.4. The lowest BCUT2D eigenvalue weighted by atomic mass is 10.2. The quantitative estimate of drug-likeness (QED) is 0.714. The second-order valence-electron chi connectivity index (χ2n) is 6.43. The molecule has 24 heavy (non-hydrogen) atoms. The molecule has 0 spiro atoms. The van der Waals surface area contributed by atoms with Crippen LogP contribution in [0.3, 0.4) is 0 Å². The van der Waals surface area contributed by atoms with E-state index in [1.807, 2.05) is 6.07 Å². The molecular formula is C18H28N6. The molecule has 2 rings (SSSR count). The van der Waals surface area contributed by atoms with E-state index in [0.29, 0.717) is 5.95 Å². The number of rotatable bonds is 9. The fraction of sp³-hybridized carbons (Fsp3) is 0.500. The highest BCUT2D eigenvalue weighted by Crippen LogP contribution is 2.16. The first-order valence-electron chi connectivity index (χ1n) is 8.45. The number of nitrogens with zero attached hydrogens (tertiary/aromatic N) is 5. The van der Waals surface area contributed by atoms with Crippen molar-refractivity contribution < 1.29 is 0 Å². The summed E-state index contributed by atoms with van der Waals surface area (Å²) in [7, 11) is 4.16. The lowest BCUT2D eigenvalue weighted by Crippen LogP contribution is -2.32. The lowest BCUT2D eigenvalue weighted by molar-refractivity contribution is 0.405. The normalized spacial score (nSPS) is 11.1. The molecule has 0 unspecified atom stereocenters. The monoisotopic (exact) mass is 328 g/mol. The average molecular weight is 328 g/mol. The van der Waals surface area contributed by atoms with Gasteiger partial charge in [-0.15, -0.1) is 5.10 Å². The van der Waals surface area contributed by atoms with Crippen LogP contribution in [0, 0.1) is 0 Å². The summed E-state index contributed by atoms with van der Waals surface area (Å²) in [5.41, 5.74) is 1.24. The zero-order valence-corrected chi connectivity index (χ0v) is 15.1. The highest BCUT2D eigenvalue weighted by molar-refractivity contribution is 5.40. The Morgan fingerprint density at radius 3 is 2.54 bits per heavy atom. The van der Waals surface area contributed by atoms with Gasteiger partial charge in [-0.3, -0.25) is 0 Å². The van der Waals surface area contributed by atoms with Gasteiger partial charge in [-0.2, -0.15) is 10.1 Å². The highest BCUT2D eigenvalue weighted by Gasteiger charge is 2.15. The Hall–Kier alpha value is -2.21. The van der Waals surface area contributed by atoms with Crippen LogP contribution in [-0.4, -0.2) is 53.3 Å². The van der Waals surface area contributed by atoms with E-state index in [4.69, 9.17) is 0 Å². The first-order chi connectivity index (χ1) is 11.6. The largest absolute Gasteiger partial charge is 0.369 e. The Bertz CT molecular complexity index is 599. The minimum Gasteiger partial charge on any atom is -0.369 e. The van der Waals surface area contributed by atoms with E-state index in [1.54, 1.807) is 6.20 Å². The zero-order valence-electron chi connectivity index (χ0n) is 15.1. The molecule has 0 aliphatic rings. The molecule has 2 aromatic rings. The van der Waals surface area contributed by atoms with Crippen molar-refractivity contribution in [3.63, 3.8) is 0 Å². The predicted molar refractivity (Wildman–Crippen MR) is 99.2 cm³/mol. The van der Waals surface area contributed by atoms with Crippen LogP contribution in [0.25, 0.3) is 0 Å². The third-order valence-corrected chi connectivity index (χ3v) is 3.71. The smallest absolute Gasteiger partial charge is 0.247 e. The standard InChI is InChI=1S/C18H28N6/c1-15(2)24(14-16-9-6-5-7-10-16)18-21-17(13-20-22-18)19-11-8-12-23(3)4/h5-7,9-10,13,15H,8,11-12,14H2,1-4H3,(H,19,21,22). The van der Waals surface area contributed by atoms with E-state index in [-0.39, 0.29) is 6.04 Å². The molecule has 6 heteroatoms. The van der Waals surface area contributed by atoms with Crippen molar-refractivity contribution in [1.29, 1.82) is 0 Å². The molecule has 130 valence electrons. The van der Waals surface area contributed by atoms with E-state index in [2.05, 4.69) is 82.5 Å². The molecule has 6 nitrogen and oxygen atoms in total. The summed E-state index contributed by atoms with van der Waals surface area (Å²) in [6.45, 7) is 6.97. The molecule has 1 N–H and O–H groups in total. The molecule has 1 aromatic heterocycles. The molecule has 1 aromatic carbocycles. The summed E-state index contributed by atoms with van der Waals surface area (Å²) in [5.74, 6) is 1.43. The number of hydrogen-bond donors (Lipinski definition) is 1. The lowest BCUT2D eigenvalue weighted by Gasteiger charge is -2.26. The predicted octanol–water partition coefficient (Wildman–Crippen LogP) is 2.65. The molecule has 0 saturated heterocycles. The second-order valence-corrected chi connectivity index (χ2v) is 6.43. The van der Waals surface area contributed by atoms with E-state index in [0.717, 1.165) is 31.9 Å². The van der Waals surface area contributed by atoms with Gasteiger partial charge >= 0.3 is 0 Å². The first kappa shape index (κ1) is 18.1. The third-order valence-electron chi connectivity index (χ3n) is 3.71. The third kappa shape index (κ3) is 5.77. The van der Waals surface area contributed by atoms with E-state index < -0.39 is 0 Å². The van der Waals surface area contributed by atoms with Gasteiger partial charge in [0, 0.05) is 19.1 Å². The van der Waals surface area contributed by atoms with Crippen LogP contribution in [0.2, 0.25) is 0 Å². The van der Waals surface area contributed by atoms with Gasteiger partial charge in [0.05, 0.1) is 6.20 Å². The fourth-order valence-corrected chi connectivity index (χ4v) is 2.38. The van der Waals surface area contributed by atoms with Crippen LogP contribution in [0.15, 0.2) is 36.5 Å². The number of nitrogens with one attached hydrogen (secondary N) is 1. The van der Waals surface area contributed by atoms with Crippen molar-refractivity contribution in [3.8, 4) is 0 Å². The number of hydrogen-bond acceptors (Lipinski definition) is 6. The van der Waals surface area contributed by atoms with Gasteiger partial charge < -0.3 is 15.1 Å². The summed E-state index contributed by atoms with van der Waals surface area (Å²) in [6.07, 6.45) is 2.74. The van der Waals surface area contributed by atoms with E-state index in [1.165, 1.54) is 5.56 Å². The van der Waals surface area contributed by atoms with Gasteiger partial charge in [-0.05, 0) is 46.5 Å². The van der Waals surface area contributed by atoms with Crippen molar-refractivity contribution in [3.05, 3.63) is 42.1 Å². The Morgan fingerprint density at radius 1 is 1.12 bits per heavy atom. The SMILES string of the molecule is CC(C)N(Cc1ccccc1)c1nncc(NCCCN(C)C)n1. The first-order valence-corrected chi connectivity index (χ1v) is 8.45. The van der Waals surface area contributed by atoms with Crippen LogP contribution >= 0.6 is 0 Å². The van der Waals surface area contributed by atoms with Crippen LogP contribution in [0.5, 0.6) is 0 Å². The van der Waals surface area contributed by atoms with Crippen LogP contribution in [0.1, 0.15) is 25.8 Å². The Morgan fingerprint density at radius 2 is 1.88 bits per heavy atom. The van der Waals surface area contributed by atoms with Gasteiger partial charge in [0.1, 0.15) is 0 Å². The van der Waals surface area contributed by atoms with Gasteiger partial charge in [-0.1, -0.05) is 30.3 Å². The van der Waals surface area contributed by atoms with Gasteiger partial charge in [0.25, 0.3) is 0 Å². The highest BCUT2D eigenvalue weighted by atomic mass is 15.3. The Kier molecular flexibility index (Phi) is 6.93. The van der Waals surface area contributed by atoms with Crippen molar-refractivity contribution in [2.24, 2.45) is 0 Å². The minimum atomic E-state index is 0.288. The number of benzene rings is 1. The number of aromatic nitrogens is 3. The molecule has 0 aliphatic carbocycles. The summed E-state index contributed by atoms with van der Waals surface area (Å²) in [5, 5.41) is 11.7. The van der Waals surface area contributed by atoms with Crippen LogP contribution in [0.4, 0.5) is 11.8 Å².